The molecule has 0 spiro atoms. The maximum absolute atomic E-state index is 13.4. The lowest BCUT2D eigenvalue weighted by atomic mass is 9.86. The quantitative estimate of drug-likeness (QED) is 0.926. The first-order chi connectivity index (χ1) is 9.92. The first-order valence-corrected chi connectivity index (χ1v) is 6.61. The second-order valence-electron chi connectivity index (χ2n) is 5.30. The van der Waals surface area contributed by atoms with Crippen LogP contribution in [0.3, 0.4) is 0 Å². The molecule has 1 fully saturated rings. The van der Waals surface area contributed by atoms with Crippen molar-refractivity contribution in [3.63, 3.8) is 0 Å². The number of hydrogen-bond donors (Lipinski definition) is 1. The van der Waals surface area contributed by atoms with Crippen LogP contribution in [0.15, 0.2) is 28.8 Å². The van der Waals surface area contributed by atoms with Crippen molar-refractivity contribution in [1.82, 2.24) is 15.5 Å². The zero-order valence-corrected chi connectivity index (χ0v) is 11.4. The molecule has 1 atom stereocenters. The monoisotopic (exact) mass is 297 g/mol. The molecule has 2 heterocycles. The van der Waals surface area contributed by atoms with Crippen molar-refractivity contribution in [2.24, 2.45) is 0 Å². The molecule has 112 valence electrons. The Morgan fingerprint density at radius 3 is 2.76 bits per heavy atom. The third-order valence-corrected chi connectivity index (χ3v) is 3.81. The second-order valence-corrected chi connectivity index (χ2v) is 5.30. The van der Waals surface area contributed by atoms with Gasteiger partial charge in [0.2, 0.25) is 11.7 Å². The minimum absolute atomic E-state index is 0.0913. The number of nitrogens with one attached hydrogen (secondary N) is 1. The number of aromatic nitrogens is 2. The highest BCUT2D eigenvalue weighted by molar-refractivity contribution is 5.55. The summed E-state index contributed by atoms with van der Waals surface area (Å²) in [5.41, 5.74) is -0.456. The maximum Gasteiger partial charge on any atom is 0.404 e. The molecular weight excluding hydrogens is 283 g/mol. The number of halogens is 3. The molecule has 1 saturated heterocycles. The van der Waals surface area contributed by atoms with Gasteiger partial charge in [0.25, 0.3) is 0 Å². The lowest BCUT2D eigenvalue weighted by Gasteiger charge is -2.26. The first kappa shape index (κ1) is 14.1. The Morgan fingerprint density at radius 2 is 2.14 bits per heavy atom. The summed E-state index contributed by atoms with van der Waals surface area (Å²) >= 11 is 0. The van der Waals surface area contributed by atoms with Crippen molar-refractivity contribution in [3.8, 4) is 11.4 Å². The van der Waals surface area contributed by atoms with Crippen molar-refractivity contribution in [2.45, 2.75) is 24.9 Å². The molecule has 1 aromatic heterocycles. The fourth-order valence-electron chi connectivity index (χ4n) is 2.56. The lowest BCUT2D eigenvalue weighted by molar-refractivity contribution is -0.191. The van der Waals surface area contributed by atoms with E-state index < -0.39 is 11.6 Å². The van der Waals surface area contributed by atoms with Crippen molar-refractivity contribution >= 4 is 0 Å². The summed E-state index contributed by atoms with van der Waals surface area (Å²) in [6, 6.07) is 7.25. The van der Waals surface area contributed by atoms with E-state index in [1.165, 1.54) is 0 Å². The van der Waals surface area contributed by atoms with Crippen LogP contribution in [0.4, 0.5) is 13.2 Å². The Bertz CT molecular complexity index is 645. The van der Waals surface area contributed by atoms with Crippen LogP contribution < -0.4 is 5.32 Å². The molecule has 0 amide bonds. The highest BCUT2D eigenvalue weighted by Gasteiger charge is 2.61. The molecule has 4 nitrogen and oxygen atoms in total. The van der Waals surface area contributed by atoms with Gasteiger partial charge in [-0.3, -0.25) is 0 Å². The molecule has 2 aromatic rings. The number of aryl methyl sites for hydroxylation is 1. The van der Waals surface area contributed by atoms with Gasteiger partial charge in [0.05, 0.1) is 0 Å². The molecule has 0 aliphatic carbocycles. The van der Waals surface area contributed by atoms with Crippen LogP contribution >= 0.6 is 0 Å². The summed E-state index contributed by atoms with van der Waals surface area (Å²) in [5.74, 6) is -0.180. The SMILES string of the molecule is Cc1cccc(-c2noc(C3(C(F)(F)F)CCNC3)n2)c1. The zero-order chi connectivity index (χ0) is 15.1. The van der Waals surface area contributed by atoms with Gasteiger partial charge in [-0.05, 0) is 26.0 Å². The number of hydrogen-bond acceptors (Lipinski definition) is 4. The van der Waals surface area contributed by atoms with Gasteiger partial charge in [0, 0.05) is 12.1 Å². The fraction of sp³-hybridized carbons (Fsp3) is 0.429. The van der Waals surface area contributed by atoms with E-state index in [2.05, 4.69) is 15.5 Å². The van der Waals surface area contributed by atoms with Crippen LogP contribution in [-0.4, -0.2) is 29.4 Å². The van der Waals surface area contributed by atoms with Gasteiger partial charge in [-0.15, -0.1) is 0 Å². The van der Waals surface area contributed by atoms with E-state index in [0.29, 0.717) is 5.56 Å². The molecule has 1 aromatic carbocycles. The Labute approximate surface area is 119 Å². The molecule has 3 rings (SSSR count). The molecule has 1 aliphatic heterocycles. The molecule has 1 unspecified atom stereocenters. The Morgan fingerprint density at radius 1 is 1.33 bits per heavy atom. The zero-order valence-electron chi connectivity index (χ0n) is 11.4. The number of benzene rings is 1. The van der Waals surface area contributed by atoms with E-state index in [1.54, 1.807) is 12.1 Å². The third-order valence-electron chi connectivity index (χ3n) is 3.81. The summed E-state index contributed by atoms with van der Waals surface area (Å²) in [7, 11) is 0. The van der Waals surface area contributed by atoms with Crippen LogP contribution in [0.1, 0.15) is 17.9 Å². The number of alkyl halides is 3. The average molecular weight is 297 g/mol. The Hall–Kier alpha value is -1.89. The number of nitrogens with zero attached hydrogens (tertiary/aromatic N) is 2. The average Bonchev–Trinajstić information content (AvgIpc) is 3.08. The van der Waals surface area contributed by atoms with E-state index in [0.717, 1.165) is 5.56 Å². The predicted molar refractivity (Wildman–Crippen MR) is 69.7 cm³/mol. The molecule has 0 radical (unpaired) electrons. The minimum atomic E-state index is -4.42. The molecule has 0 saturated carbocycles. The van der Waals surface area contributed by atoms with Gasteiger partial charge in [0.1, 0.15) is 0 Å². The van der Waals surface area contributed by atoms with Gasteiger partial charge in [-0.1, -0.05) is 28.9 Å². The topological polar surface area (TPSA) is 51.0 Å². The molecule has 1 N–H and O–H groups in total. The third kappa shape index (κ3) is 2.31. The van der Waals surface area contributed by atoms with Crippen molar-refractivity contribution in [2.75, 3.05) is 13.1 Å². The lowest BCUT2D eigenvalue weighted by Crippen LogP contribution is -2.44. The highest BCUT2D eigenvalue weighted by atomic mass is 19.4. The van der Waals surface area contributed by atoms with E-state index in [-0.39, 0.29) is 31.2 Å². The highest BCUT2D eigenvalue weighted by Crippen LogP contribution is 2.45. The van der Waals surface area contributed by atoms with Crippen LogP contribution in [0.2, 0.25) is 0 Å². The Kier molecular flexibility index (Phi) is 3.24. The van der Waals surface area contributed by atoms with Crippen molar-refractivity contribution in [1.29, 1.82) is 0 Å². The standard InChI is InChI=1S/C14H14F3N3O/c1-9-3-2-4-10(7-9)11-19-12(21-20-11)13(14(15,16)17)5-6-18-8-13/h2-4,7,18H,5-6,8H2,1H3. The van der Waals surface area contributed by atoms with Gasteiger partial charge in [0.15, 0.2) is 5.41 Å². The smallest absolute Gasteiger partial charge is 0.338 e. The summed E-state index contributed by atoms with van der Waals surface area (Å²) < 4.78 is 45.2. The van der Waals surface area contributed by atoms with Gasteiger partial charge < -0.3 is 9.84 Å². The van der Waals surface area contributed by atoms with E-state index >= 15 is 0 Å². The van der Waals surface area contributed by atoms with Crippen LogP contribution in [0, 0.1) is 6.92 Å². The fourth-order valence-corrected chi connectivity index (χ4v) is 2.56. The predicted octanol–water partition coefficient (Wildman–Crippen LogP) is 2.84. The summed E-state index contributed by atoms with van der Waals surface area (Å²) in [6.45, 7) is 1.94. The summed E-state index contributed by atoms with van der Waals surface area (Å²) in [4.78, 5) is 4.00. The van der Waals surface area contributed by atoms with Crippen LogP contribution in [0.5, 0.6) is 0 Å². The van der Waals surface area contributed by atoms with Crippen molar-refractivity contribution in [3.05, 3.63) is 35.7 Å². The van der Waals surface area contributed by atoms with E-state index in [9.17, 15) is 13.2 Å². The van der Waals surface area contributed by atoms with E-state index in [1.807, 2.05) is 19.1 Å². The molecule has 0 bridgehead atoms. The number of rotatable bonds is 2. The Balaban J connectivity index is 2.01. The van der Waals surface area contributed by atoms with Crippen molar-refractivity contribution < 1.29 is 17.7 Å². The van der Waals surface area contributed by atoms with Gasteiger partial charge in [-0.2, -0.15) is 18.2 Å². The van der Waals surface area contributed by atoms with Crippen LogP contribution in [0.25, 0.3) is 11.4 Å². The van der Waals surface area contributed by atoms with Gasteiger partial charge >= 0.3 is 6.18 Å². The first-order valence-electron chi connectivity index (χ1n) is 6.61. The molecule has 21 heavy (non-hydrogen) atoms. The van der Waals surface area contributed by atoms with Gasteiger partial charge in [-0.25, -0.2) is 0 Å². The van der Waals surface area contributed by atoms with E-state index in [4.69, 9.17) is 4.52 Å². The minimum Gasteiger partial charge on any atom is -0.338 e. The second kappa shape index (κ2) is 4.84. The van der Waals surface area contributed by atoms with Crippen LogP contribution in [-0.2, 0) is 5.41 Å². The summed E-state index contributed by atoms with van der Waals surface area (Å²) in [5, 5.41) is 6.45. The largest absolute Gasteiger partial charge is 0.404 e. The molecular formula is C14H14F3N3O. The normalized spacial score (nSPS) is 22.7. The maximum atomic E-state index is 13.4. The summed E-state index contributed by atoms with van der Waals surface area (Å²) in [6.07, 6.45) is -4.52. The molecule has 7 heteroatoms. The molecule has 1 aliphatic rings.